The van der Waals surface area contributed by atoms with E-state index in [0.29, 0.717) is 38.7 Å². The van der Waals surface area contributed by atoms with Crippen molar-refractivity contribution in [1.82, 2.24) is 10.6 Å². The molecule has 0 aliphatic rings. The van der Waals surface area contributed by atoms with Crippen molar-refractivity contribution in [2.24, 2.45) is 4.99 Å². The highest BCUT2D eigenvalue weighted by Gasteiger charge is 2.27. The van der Waals surface area contributed by atoms with Gasteiger partial charge < -0.3 is 24.5 Å². The number of nitrogens with one attached hydrogen (secondary N) is 2. The monoisotopic (exact) mass is 351 g/mol. The summed E-state index contributed by atoms with van der Waals surface area (Å²) >= 11 is 0. The lowest BCUT2D eigenvalue weighted by Gasteiger charge is -2.12. The molecule has 1 aromatic heterocycles. The van der Waals surface area contributed by atoms with Crippen LogP contribution in [-0.4, -0.2) is 52.1 Å². The molecule has 24 heavy (non-hydrogen) atoms. The molecule has 0 amide bonds. The number of halogens is 3. The van der Waals surface area contributed by atoms with E-state index in [0.717, 1.165) is 12.2 Å². The molecular formula is C15H24F3N3O3. The van der Waals surface area contributed by atoms with Gasteiger partial charge in [0.15, 0.2) is 5.96 Å². The summed E-state index contributed by atoms with van der Waals surface area (Å²) in [6.45, 7) is 1.00. The predicted molar refractivity (Wildman–Crippen MR) is 83.8 cm³/mol. The summed E-state index contributed by atoms with van der Waals surface area (Å²) in [6.07, 6.45) is -1.42. The van der Waals surface area contributed by atoms with E-state index in [1.165, 1.54) is 0 Å². The van der Waals surface area contributed by atoms with E-state index in [1.807, 2.05) is 12.1 Å². The zero-order chi connectivity index (χ0) is 17.7. The maximum Gasteiger partial charge on any atom is 0.411 e. The number of alkyl halides is 3. The Labute approximate surface area is 139 Å². The number of guanidine groups is 1. The zero-order valence-electron chi connectivity index (χ0n) is 13.7. The Morgan fingerprint density at radius 1 is 1.17 bits per heavy atom. The van der Waals surface area contributed by atoms with Crippen molar-refractivity contribution in [3.8, 4) is 0 Å². The molecule has 0 aromatic carbocycles. The highest BCUT2D eigenvalue weighted by molar-refractivity contribution is 5.79. The molecule has 1 aromatic rings. The van der Waals surface area contributed by atoms with Gasteiger partial charge in [-0.05, 0) is 25.0 Å². The molecule has 0 spiro atoms. The molecule has 0 fully saturated rings. The Morgan fingerprint density at radius 3 is 2.38 bits per heavy atom. The second-order valence-corrected chi connectivity index (χ2v) is 4.93. The molecule has 2 N–H and O–H groups in total. The number of rotatable bonds is 11. The largest absolute Gasteiger partial charge is 0.467 e. The van der Waals surface area contributed by atoms with Crippen LogP contribution in [0.4, 0.5) is 13.2 Å². The van der Waals surface area contributed by atoms with Gasteiger partial charge in [-0.25, -0.2) is 0 Å². The topological polar surface area (TPSA) is 68.0 Å². The third-order valence-electron chi connectivity index (χ3n) is 2.83. The number of hydrogen-bond donors (Lipinski definition) is 2. The van der Waals surface area contributed by atoms with Crippen LogP contribution < -0.4 is 10.6 Å². The van der Waals surface area contributed by atoms with E-state index in [9.17, 15) is 13.2 Å². The molecule has 9 heteroatoms. The zero-order valence-corrected chi connectivity index (χ0v) is 13.7. The van der Waals surface area contributed by atoms with Crippen LogP contribution in [0.2, 0.25) is 0 Å². The molecule has 0 atom stereocenters. The van der Waals surface area contributed by atoms with Crippen LogP contribution in [-0.2, 0) is 16.1 Å². The molecular weight excluding hydrogens is 327 g/mol. The lowest BCUT2D eigenvalue weighted by Crippen LogP contribution is -2.38. The summed E-state index contributed by atoms with van der Waals surface area (Å²) in [5.74, 6) is 1.38. The fourth-order valence-electron chi connectivity index (χ4n) is 1.74. The van der Waals surface area contributed by atoms with Gasteiger partial charge in [-0.1, -0.05) is 0 Å². The first-order chi connectivity index (χ1) is 11.5. The Bertz CT molecular complexity index is 451. The Hall–Kier alpha value is -1.74. The first kappa shape index (κ1) is 20.3. The highest BCUT2D eigenvalue weighted by atomic mass is 19.4. The van der Waals surface area contributed by atoms with Crippen molar-refractivity contribution in [2.45, 2.75) is 25.6 Å². The Morgan fingerprint density at radius 2 is 1.83 bits per heavy atom. The fraction of sp³-hybridized carbons (Fsp3) is 0.667. The summed E-state index contributed by atoms with van der Waals surface area (Å²) in [5.41, 5.74) is 0. The molecule has 0 bridgehead atoms. The van der Waals surface area contributed by atoms with Crippen molar-refractivity contribution in [1.29, 1.82) is 0 Å². The molecule has 0 saturated heterocycles. The van der Waals surface area contributed by atoms with Gasteiger partial charge in [0.05, 0.1) is 6.26 Å². The van der Waals surface area contributed by atoms with E-state index >= 15 is 0 Å². The van der Waals surface area contributed by atoms with E-state index in [1.54, 1.807) is 13.3 Å². The van der Waals surface area contributed by atoms with Crippen molar-refractivity contribution >= 4 is 5.96 Å². The fourth-order valence-corrected chi connectivity index (χ4v) is 1.74. The lowest BCUT2D eigenvalue weighted by molar-refractivity contribution is -0.173. The van der Waals surface area contributed by atoms with E-state index < -0.39 is 12.8 Å². The van der Waals surface area contributed by atoms with Gasteiger partial charge in [0, 0.05) is 33.4 Å². The molecule has 0 aliphatic heterocycles. The van der Waals surface area contributed by atoms with Gasteiger partial charge >= 0.3 is 6.18 Å². The number of hydrogen-bond acceptors (Lipinski definition) is 4. The first-order valence-electron chi connectivity index (χ1n) is 7.70. The minimum absolute atomic E-state index is 0.0458. The van der Waals surface area contributed by atoms with Crippen LogP contribution in [0.1, 0.15) is 18.6 Å². The quantitative estimate of drug-likeness (QED) is 0.364. The minimum atomic E-state index is -4.27. The predicted octanol–water partition coefficient (Wildman–Crippen LogP) is 2.32. The summed E-state index contributed by atoms with van der Waals surface area (Å²) in [6, 6.07) is 3.66. The van der Waals surface area contributed by atoms with E-state index in [2.05, 4.69) is 20.4 Å². The molecule has 0 saturated carbocycles. The molecule has 138 valence electrons. The molecule has 1 rings (SSSR count). The maximum atomic E-state index is 11.9. The Balaban J connectivity index is 1.94. The van der Waals surface area contributed by atoms with Crippen molar-refractivity contribution < 1.29 is 27.1 Å². The van der Waals surface area contributed by atoms with Crippen molar-refractivity contribution in [3.05, 3.63) is 24.2 Å². The molecule has 0 aliphatic carbocycles. The number of aliphatic imine (C=N–C) groups is 1. The standard InChI is InChI=1S/C15H24F3N3O3/c1-19-14(21-7-4-9-23-12-15(16,17)18)20-6-3-8-22-11-13-5-2-10-24-13/h2,5,10H,3-4,6-9,11-12H2,1H3,(H2,19,20,21). The highest BCUT2D eigenvalue weighted by Crippen LogP contribution is 2.14. The van der Waals surface area contributed by atoms with Crippen molar-refractivity contribution in [2.75, 3.05) is 40.0 Å². The summed E-state index contributed by atoms with van der Waals surface area (Å²) < 4.78 is 50.7. The van der Waals surface area contributed by atoms with Gasteiger partial charge in [0.2, 0.25) is 0 Å². The van der Waals surface area contributed by atoms with Crippen molar-refractivity contribution in [3.63, 3.8) is 0 Å². The van der Waals surface area contributed by atoms with Crippen LogP contribution in [0, 0.1) is 0 Å². The molecule has 1 heterocycles. The van der Waals surface area contributed by atoms with E-state index in [4.69, 9.17) is 9.15 Å². The lowest BCUT2D eigenvalue weighted by atomic mass is 10.4. The number of ether oxygens (including phenoxy) is 2. The van der Waals surface area contributed by atoms with Crippen LogP contribution >= 0.6 is 0 Å². The van der Waals surface area contributed by atoms with Gasteiger partial charge in [0.1, 0.15) is 19.0 Å². The summed E-state index contributed by atoms with van der Waals surface area (Å²) in [4.78, 5) is 4.02. The van der Waals surface area contributed by atoms with Gasteiger partial charge in [0.25, 0.3) is 0 Å². The second-order valence-electron chi connectivity index (χ2n) is 4.93. The SMILES string of the molecule is CN=C(NCCCOCc1ccco1)NCCCOCC(F)(F)F. The third kappa shape index (κ3) is 10.9. The van der Waals surface area contributed by atoms with Gasteiger partial charge in [-0.2, -0.15) is 13.2 Å². The van der Waals surface area contributed by atoms with Crippen LogP contribution in [0.25, 0.3) is 0 Å². The van der Waals surface area contributed by atoms with Crippen LogP contribution in [0.3, 0.4) is 0 Å². The molecule has 6 nitrogen and oxygen atoms in total. The third-order valence-corrected chi connectivity index (χ3v) is 2.83. The molecule has 0 unspecified atom stereocenters. The average Bonchev–Trinajstić information content (AvgIpc) is 3.04. The van der Waals surface area contributed by atoms with Gasteiger partial charge in [-0.3, -0.25) is 4.99 Å². The normalized spacial score (nSPS) is 12.4. The molecule has 0 radical (unpaired) electrons. The average molecular weight is 351 g/mol. The Kier molecular flexibility index (Phi) is 9.94. The number of furan rings is 1. The second kappa shape index (κ2) is 11.7. The van der Waals surface area contributed by atoms with Crippen LogP contribution in [0.5, 0.6) is 0 Å². The smallest absolute Gasteiger partial charge is 0.411 e. The minimum Gasteiger partial charge on any atom is -0.467 e. The summed E-state index contributed by atoms with van der Waals surface area (Å²) in [5, 5.41) is 6.10. The summed E-state index contributed by atoms with van der Waals surface area (Å²) in [7, 11) is 1.63. The maximum absolute atomic E-state index is 11.9. The van der Waals surface area contributed by atoms with E-state index in [-0.39, 0.29) is 6.61 Å². The van der Waals surface area contributed by atoms with Gasteiger partial charge in [-0.15, -0.1) is 0 Å². The van der Waals surface area contributed by atoms with Crippen LogP contribution in [0.15, 0.2) is 27.8 Å². The number of nitrogens with zero attached hydrogens (tertiary/aromatic N) is 1. The first-order valence-corrected chi connectivity index (χ1v) is 7.70.